The lowest BCUT2D eigenvalue weighted by Gasteiger charge is -2.35. The van der Waals surface area contributed by atoms with Gasteiger partial charge in [0.25, 0.3) is 0 Å². The molecule has 1 aliphatic heterocycles. The van der Waals surface area contributed by atoms with E-state index in [4.69, 9.17) is 19.4 Å². The Labute approximate surface area is 190 Å². The fourth-order valence-corrected chi connectivity index (χ4v) is 3.75. The smallest absolute Gasteiger partial charge is 0.229 e. The molecule has 168 valence electrons. The molecule has 7 heteroatoms. The Bertz CT molecular complexity index is 1020. The molecule has 4 rings (SSSR count). The second-order valence-electron chi connectivity index (χ2n) is 8.40. The van der Waals surface area contributed by atoms with Crippen LogP contribution in [0.15, 0.2) is 60.7 Å². The average Bonchev–Trinajstić information content (AvgIpc) is 2.78. The van der Waals surface area contributed by atoms with Gasteiger partial charge in [-0.3, -0.25) is 0 Å². The van der Waals surface area contributed by atoms with Gasteiger partial charge in [-0.15, -0.1) is 0 Å². The van der Waals surface area contributed by atoms with E-state index in [1.165, 1.54) is 0 Å². The van der Waals surface area contributed by atoms with Crippen molar-refractivity contribution in [2.75, 3.05) is 42.3 Å². The maximum Gasteiger partial charge on any atom is 0.229 e. The van der Waals surface area contributed by atoms with Crippen molar-refractivity contribution in [1.29, 1.82) is 0 Å². The maximum absolute atomic E-state index is 5.97. The molecule has 7 nitrogen and oxygen atoms in total. The van der Waals surface area contributed by atoms with Crippen LogP contribution in [-0.2, 0) is 11.3 Å². The van der Waals surface area contributed by atoms with Gasteiger partial charge >= 0.3 is 0 Å². The van der Waals surface area contributed by atoms with E-state index in [-0.39, 0.29) is 12.2 Å². The SMILES string of the molecule is C[C@@H]1CN(c2nc(Nc3cccc(OCc4ccccc4)c3)cc(N(C)C)n2)C[C@@H](C)O1. The summed E-state index contributed by atoms with van der Waals surface area (Å²) < 4.78 is 11.8. The van der Waals surface area contributed by atoms with Gasteiger partial charge in [0.15, 0.2) is 0 Å². The molecule has 3 aromatic rings. The van der Waals surface area contributed by atoms with Crippen LogP contribution in [-0.4, -0.2) is 49.4 Å². The summed E-state index contributed by atoms with van der Waals surface area (Å²) in [4.78, 5) is 13.8. The van der Waals surface area contributed by atoms with E-state index < -0.39 is 0 Å². The number of nitrogens with zero attached hydrogens (tertiary/aromatic N) is 4. The van der Waals surface area contributed by atoms with Crippen LogP contribution in [0, 0.1) is 0 Å². The molecule has 0 radical (unpaired) electrons. The van der Waals surface area contributed by atoms with E-state index in [1.807, 2.05) is 67.5 Å². The topological polar surface area (TPSA) is 62.8 Å². The van der Waals surface area contributed by atoms with Crippen molar-refractivity contribution in [3.63, 3.8) is 0 Å². The summed E-state index contributed by atoms with van der Waals surface area (Å²) in [5.74, 6) is 3.10. The zero-order valence-electron chi connectivity index (χ0n) is 19.2. The predicted molar refractivity (Wildman–Crippen MR) is 129 cm³/mol. The molecular formula is C25H31N5O2. The second kappa shape index (κ2) is 9.87. The van der Waals surface area contributed by atoms with Gasteiger partial charge in [-0.05, 0) is 31.5 Å². The first kappa shape index (κ1) is 21.9. The summed E-state index contributed by atoms with van der Waals surface area (Å²) in [7, 11) is 3.97. The van der Waals surface area contributed by atoms with Crippen molar-refractivity contribution in [1.82, 2.24) is 9.97 Å². The van der Waals surface area contributed by atoms with Crippen molar-refractivity contribution in [2.45, 2.75) is 32.7 Å². The lowest BCUT2D eigenvalue weighted by Crippen LogP contribution is -2.46. The van der Waals surface area contributed by atoms with Crippen LogP contribution in [0.5, 0.6) is 5.75 Å². The molecule has 1 aromatic heterocycles. The van der Waals surface area contributed by atoms with Gasteiger partial charge in [-0.25, -0.2) is 0 Å². The molecule has 0 aliphatic carbocycles. The van der Waals surface area contributed by atoms with Gasteiger partial charge in [0.2, 0.25) is 5.95 Å². The Hall–Kier alpha value is -3.32. The number of aromatic nitrogens is 2. The molecule has 1 fully saturated rings. The van der Waals surface area contributed by atoms with Gasteiger partial charge in [0.1, 0.15) is 24.0 Å². The Morgan fingerprint density at radius 2 is 1.75 bits per heavy atom. The normalized spacial score (nSPS) is 18.3. The Kier molecular flexibility index (Phi) is 6.75. The number of hydrogen-bond donors (Lipinski definition) is 1. The summed E-state index contributed by atoms with van der Waals surface area (Å²) in [5, 5.41) is 3.42. The molecule has 32 heavy (non-hydrogen) atoms. The molecule has 2 atom stereocenters. The summed E-state index contributed by atoms with van der Waals surface area (Å²) in [6, 6.07) is 20.0. The van der Waals surface area contributed by atoms with Crippen LogP contribution in [0.2, 0.25) is 0 Å². The van der Waals surface area contributed by atoms with Crippen LogP contribution in [0.25, 0.3) is 0 Å². The van der Waals surface area contributed by atoms with E-state index >= 15 is 0 Å². The summed E-state index contributed by atoms with van der Waals surface area (Å²) >= 11 is 0. The van der Waals surface area contributed by atoms with Crippen LogP contribution in [0.4, 0.5) is 23.3 Å². The van der Waals surface area contributed by atoms with Gasteiger partial charge in [-0.2, -0.15) is 9.97 Å². The highest BCUT2D eigenvalue weighted by atomic mass is 16.5. The van der Waals surface area contributed by atoms with E-state index in [0.717, 1.165) is 41.7 Å². The third kappa shape index (κ3) is 5.68. The minimum absolute atomic E-state index is 0.139. The maximum atomic E-state index is 5.97. The van der Waals surface area contributed by atoms with Crippen molar-refractivity contribution in [3.05, 3.63) is 66.2 Å². The number of rotatable bonds is 7. The molecule has 1 N–H and O–H groups in total. The van der Waals surface area contributed by atoms with Crippen molar-refractivity contribution < 1.29 is 9.47 Å². The standard InChI is InChI=1S/C25H31N5O2/c1-18-15-30(16-19(2)32-18)25-27-23(14-24(28-25)29(3)4)26-21-11-8-12-22(13-21)31-17-20-9-6-5-7-10-20/h5-14,18-19H,15-17H2,1-4H3,(H,26,27,28)/t18-,19-/m1/s1. The number of benzene rings is 2. The molecular weight excluding hydrogens is 402 g/mol. The van der Waals surface area contributed by atoms with E-state index in [2.05, 4.69) is 36.2 Å². The first-order chi connectivity index (χ1) is 15.5. The molecule has 1 saturated heterocycles. The quantitative estimate of drug-likeness (QED) is 0.589. The largest absolute Gasteiger partial charge is 0.489 e. The molecule has 0 spiro atoms. The third-order valence-electron chi connectivity index (χ3n) is 5.22. The average molecular weight is 434 g/mol. The third-order valence-corrected chi connectivity index (χ3v) is 5.22. The van der Waals surface area contributed by atoms with Crippen molar-refractivity contribution in [2.24, 2.45) is 0 Å². The number of anilines is 4. The lowest BCUT2D eigenvalue weighted by atomic mass is 10.2. The number of nitrogens with one attached hydrogen (secondary N) is 1. The lowest BCUT2D eigenvalue weighted by molar-refractivity contribution is -0.00570. The Balaban J connectivity index is 1.52. The van der Waals surface area contributed by atoms with Crippen LogP contribution in [0.1, 0.15) is 19.4 Å². The van der Waals surface area contributed by atoms with Gasteiger partial charge in [-0.1, -0.05) is 36.4 Å². The molecule has 2 heterocycles. The fraction of sp³-hybridized carbons (Fsp3) is 0.360. The van der Waals surface area contributed by atoms with Crippen LogP contribution in [0.3, 0.4) is 0 Å². The zero-order chi connectivity index (χ0) is 22.5. The molecule has 2 aromatic carbocycles. The van der Waals surface area contributed by atoms with Gasteiger partial charge < -0.3 is 24.6 Å². The summed E-state index contributed by atoms with van der Waals surface area (Å²) in [5.41, 5.74) is 2.05. The van der Waals surface area contributed by atoms with Gasteiger partial charge in [0.05, 0.1) is 12.2 Å². The Morgan fingerprint density at radius 3 is 2.47 bits per heavy atom. The Morgan fingerprint density at radius 1 is 1.00 bits per heavy atom. The van der Waals surface area contributed by atoms with Crippen molar-refractivity contribution in [3.8, 4) is 5.75 Å². The molecule has 0 amide bonds. The predicted octanol–water partition coefficient (Wildman–Crippen LogP) is 4.48. The summed E-state index contributed by atoms with van der Waals surface area (Å²) in [6.45, 7) is 6.23. The highest BCUT2D eigenvalue weighted by Crippen LogP contribution is 2.26. The second-order valence-corrected chi connectivity index (χ2v) is 8.40. The minimum atomic E-state index is 0.139. The van der Waals surface area contributed by atoms with Crippen LogP contribution >= 0.6 is 0 Å². The number of morpholine rings is 1. The zero-order valence-corrected chi connectivity index (χ0v) is 19.2. The molecule has 1 aliphatic rings. The number of ether oxygens (including phenoxy) is 2. The monoisotopic (exact) mass is 433 g/mol. The molecule has 0 saturated carbocycles. The highest BCUT2D eigenvalue weighted by Gasteiger charge is 2.25. The fourth-order valence-electron chi connectivity index (χ4n) is 3.75. The van der Waals surface area contributed by atoms with E-state index in [0.29, 0.717) is 12.6 Å². The van der Waals surface area contributed by atoms with E-state index in [1.54, 1.807) is 0 Å². The van der Waals surface area contributed by atoms with E-state index in [9.17, 15) is 0 Å². The first-order valence-electron chi connectivity index (χ1n) is 11.0. The number of hydrogen-bond acceptors (Lipinski definition) is 7. The van der Waals surface area contributed by atoms with Crippen LogP contribution < -0.4 is 19.9 Å². The van der Waals surface area contributed by atoms with Gasteiger partial charge in [0, 0.05) is 45.0 Å². The summed E-state index contributed by atoms with van der Waals surface area (Å²) in [6.07, 6.45) is 0.278. The first-order valence-corrected chi connectivity index (χ1v) is 11.0. The highest BCUT2D eigenvalue weighted by molar-refractivity contribution is 5.63. The molecule has 0 bridgehead atoms. The minimum Gasteiger partial charge on any atom is -0.489 e. The molecule has 0 unspecified atom stereocenters. The van der Waals surface area contributed by atoms with Crippen molar-refractivity contribution >= 4 is 23.3 Å².